The third-order valence-electron chi connectivity index (χ3n) is 3.41. The Balaban J connectivity index is 2.02. The maximum Gasteiger partial charge on any atom is 0.330 e. The van der Waals surface area contributed by atoms with Crippen molar-refractivity contribution in [2.24, 2.45) is 0 Å². The maximum atomic E-state index is 12.1. The van der Waals surface area contributed by atoms with Crippen LogP contribution in [0.25, 0.3) is 0 Å². The number of carbonyl (C=O) groups excluding carboxylic acids is 1. The summed E-state index contributed by atoms with van der Waals surface area (Å²) in [5, 5.41) is 11.8. The molecule has 2 N–H and O–H groups in total. The van der Waals surface area contributed by atoms with Gasteiger partial charge in [0, 0.05) is 20.2 Å². The molecule has 1 unspecified atom stereocenters. The number of carbonyl (C=O) groups is 2. The molecule has 1 aromatic rings. The number of methoxy groups -OCH3 is 1. The van der Waals surface area contributed by atoms with Gasteiger partial charge in [0.1, 0.15) is 0 Å². The van der Waals surface area contributed by atoms with Crippen LogP contribution in [0.2, 0.25) is 0 Å². The van der Waals surface area contributed by atoms with Crippen molar-refractivity contribution in [3.8, 4) is 0 Å². The summed E-state index contributed by atoms with van der Waals surface area (Å²) < 4.78 is 5.19. The lowest BCUT2D eigenvalue weighted by Gasteiger charge is -2.21. The normalized spacial score (nSPS) is 19.6. The van der Waals surface area contributed by atoms with E-state index in [1.165, 1.54) is 0 Å². The number of carboxylic acids is 1. The van der Waals surface area contributed by atoms with Gasteiger partial charge in [-0.15, -0.1) is 0 Å². The van der Waals surface area contributed by atoms with Gasteiger partial charge in [-0.1, -0.05) is 30.3 Å². The highest BCUT2D eigenvalue weighted by Crippen LogP contribution is 2.16. The zero-order chi connectivity index (χ0) is 14.5. The number of benzene rings is 1. The topological polar surface area (TPSA) is 78.9 Å². The molecule has 0 bridgehead atoms. The SMILES string of the molecule is COC1CCN(C(=O)N[C@H](C(=O)O)c2ccccc2)C1. The van der Waals surface area contributed by atoms with Crippen LogP contribution in [0.15, 0.2) is 30.3 Å². The number of aliphatic carboxylic acids is 1. The Morgan fingerprint density at radius 2 is 2.10 bits per heavy atom. The number of rotatable bonds is 4. The fourth-order valence-electron chi connectivity index (χ4n) is 2.25. The van der Waals surface area contributed by atoms with Crippen LogP contribution in [0.1, 0.15) is 18.0 Å². The van der Waals surface area contributed by atoms with Gasteiger partial charge in [-0.05, 0) is 12.0 Å². The van der Waals surface area contributed by atoms with E-state index >= 15 is 0 Å². The minimum Gasteiger partial charge on any atom is -0.479 e. The molecule has 2 amide bonds. The molecule has 1 aromatic carbocycles. The first-order chi connectivity index (χ1) is 9.61. The molecule has 1 aliphatic rings. The molecule has 0 aromatic heterocycles. The van der Waals surface area contributed by atoms with Gasteiger partial charge in [0.05, 0.1) is 6.10 Å². The van der Waals surface area contributed by atoms with Gasteiger partial charge in [0.2, 0.25) is 0 Å². The number of nitrogens with zero attached hydrogens (tertiary/aromatic N) is 1. The Hall–Kier alpha value is -2.08. The fraction of sp³-hybridized carbons (Fsp3) is 0.429. The fourth-order valence-corrected chi connectivity index (χ4v) is 2.25. The van der Waals surface area contributed by atoms with E-state index in [9.17, 15) is 14.7 Å². The van der Waals surface area contributed by atoms with Crippen LogP contribution in [0, 0.1) is 0 Å². The maximum absolute atomic E-state index is 12.1. The summed E-state index contributed by atoms with van der Waals surface area (Å²) in [5.41, 5.74) is 0.552. The van der Waals surface area contributed by atoms with Crippen molar-refractivity contribution in [3.05, 3.63) is 35.9 Å². The van der Waals surface area contributed by atoms with Gasteiger partial charge in [0.25, 0.3) is 0 Å². The smallest absolute Gasteiger partial charge is 0.330 e. The van der Waals surface area contributed by atoms with Crippen molar-refractivity contribution >= 4 is 12.0 Å². The second-order valence-electron chi connectivity index (χ2n) is 4.72. The van der Waals surface area contributed by atoms with Crippen molar-refractivity contribution in [3.63, 3.8) is 0 Å². The summed E-state index contributed by atoms with van der Waals surface area (Å²) in [6.45, 7) is 1.06. The molecule has 108 valence electrons. The van der Waals surface area contributed by atoms with Gasteiger partial charge in [-0.2, -0.15) is 0 Å². The van der Waals surface area contributed by atoms with Crippen molar-refractivity contribution in [1.29, 1.82) is 0 Å². The summed E-state index contributed by atoms with van der Waals surface area (Å²) in [5.74, 6) is -1.08. The molecule has 1 fully saturated rings. The predicted molar refractivity (Wildman–Crippen MR) is 72.3 cm³/mol. The Morgan fingerprint density at radius 3 is 2.65 bits per heavy atom. The highest BCUT2D eigenvalue weighted by Gasteiger charge is 2.29. The summed E-state index contributed by atoms with van der Waals surface area (Å²) >= 11 is 0. The predicted octanol–water partition coefficient (Wildman–Crippen LogP) is 1.24. The average molecular weight is 278 g/mol. The molecular weight excluding hydrogens is 260 g/mol. The third-order valence-corrected chi connectivity index (χ3v) is 3.41. The summed E-state index contributed by atoms with van der Waals surface area (Å²) in [6.07, 6.45) is 0.799. The molecule has 0 saturated carbocycles. The molecule has 0 spiro atoms. The van der Waals surface area contributed by atoms with Crippen LogP contribution in [0.4, 0.5) is 4.79 Å². The number of carboxylic acid groups (broad SMARTS) is 1. The molecule has 6 heteroatoms. The highest BCUT2D eigenvalue weighted by molar-refractivity contribution is 5.83. The van der Waals surface area contributed by atoms with Crippen molar-refractivity contribution in [2.45, 2.75) is 18.6 Å². The summed E-state index contributed by atoms with van der Waals surface area (Å²) in [7, 11) is 1.61. The molecular formula is C14H18N2O4. The first-order valence-corrected chi connectivity index (χ1v) is 6.48. The average Bonchev–Trinajstić information content (AvgIpc) is 2.94. The minimum atomic E-state index is -1.08. The Kier molecular flexibility index (Phi) is 4.57. The van der Waals surface area contributed by atoms with Crippen LogP contribution in [-0.4, -0.2) is 48.3 Å². The largest absolute Gasteiger partial charge is 0.479 e. The van der Waals surface area contributed by atoms with E-state index in [-0.39, 0.29) is 12.1 Å². The Morgan fingerprint density at radius 1 is 1.40 bits per heavy atom. The van der Waals surface area contributed by atoms with E-state index in [0.717, 1.165) is 6.42 Å². The van der Waals surface area contributed by atoms with E-state index in [4.69, 9.17) is 4.74 Å². The lowest BCUT2D eigenvalue weighted by molar-refractivity contribution is -0.139. The molecule has 0 radical (unpaired) electrons. The number of urea groups is 1. The number of ether oxygens (including phenoxy) is 1. The molecule has 0 aliphatic carbocycles. The molecule has 1 heterocycles. The quantitative estimate of drug-likeness (QED) is 0.868. The van der Waals surface area contributed by atoms with Crippen LogP contribution < -0.4 is 5.32 Å². The van der Waals surface area contributed by atoms with Crippen molar-refractivity contribution in [2.75, 3.05) is 20.2 Å². The highest BCUT2D eigenvalue weighted by atomic mass is 16.5. The second kappa shape index (κ2) is 6.38. The van der Waals surface area contributed by atoms with E-state index in [0.29, 0.717) is 18.7 Å². The van der Waals surface area contributed by atoms with E-state index in [2.05, 4.69) is 5.32 Å². The zero-order valence-electron chi connectivity index (χ0n) is 11.3. The lowest BCUT2D eigenvalue weighted by Crippen LogP contribution is -2.43. The monoisotopic (exact) mass is 278 g/mol. The van der Waals surface area contributed by atoms with Crippen molar-refractivity contribution < 1.29 is 19.4 Å². The van der Waals surface area contributed by atoms with Crippen LogP contribution in [-0.2, 0) is 9.53 Å². The van der Waals surface area contributed by atoms with E-state index < -0.39 is 12.0 Å². The standard InChI is InChI=1S/C14H18N2O4/c1-20-11-7-8-16(9-11)14(19)15-12(13(17)18)10-5-3-2-4-6-10/h2-6,11-12H,7-9H2,1H3,(H,15,19)(H,17,18)/t11?,12-/m0/s1. The number of hydrogen-bond acceptors (Lipinski definition) is 3. The molecule has 6 nitrogen and oxygen atoms in total. The summed E-state index contributed by atoms with van der Waals surface area (Å²) in [6, 6.07) is 7.24. The molecule has 20 heavy (non-hydrogen) atoms. The van der Waals surface area contributed by atoms with E-state index in [1.807, 2.05) is 0 Å². The van der Waals surface area contributed by atoms with E-state index in [1.54, 1.807) is 42.3 Å². The Labute approximate surface area is 117 Å². The number of amides is 2. The zero-order valence-corrected chi connectivity index (χ0v) is 11.3. The van der Waals surface area contributed by atoms with Gasteiger partial charge in [-0.3, -0.25) is 0 Å². The van der Waals surface area contributed by atoms with Gasteiger partial charge >= 0.3 is 12.0 Å². The Bertz CT molecular complexity index is 477. The third kappa shape index (κ3) is 3.27. The van der Waals surface area contributed by atoms with Gasteiger partial charge in [0.15, 0.2) is 6.04 Å². The second-order valence-corrected chi connectivity index (χ2v) is 4.72. The van der Waals surface area contributed by atoms with Gasteiger partial charge in [-0.25, -0.2) is 9.59 Å². The molecule has 1 aliphatic heterocycles. The van der Waals surface area contributed by atoms with Crippen LogP contribution in [0.3, 0.4) is 0 Å². The first kappa shape index (κ1) is 14.3. The molecule has 2 atom stereocenters. The first-order valence-electron chi connectivity index (χ1n) is 6.48. The number of nitrogens with one attached hydrogen (secondary N) is 1. The molecule has 1 saturated heterocycles. The number of likely N-dealkylation sites (tertiary alicyclic amines) is 1. The van der Waals surface area contributed by atoms with Crippen molar-refractivity contribution in [1.82, 2.24) is 10.2 Å². The summed E-state index contributed by atoms with van der Waals surface area (Å²) in [4.78, 5) is 25.0. The lowest BCUT2D eigenvalue weighted by atomic mass is 10.1. The minimum absolute atomic E-state index is 0.0285. The molecule has 2 rings (SSSR count). The van der Waals surface area contributed by atoms with Crippen LogP contribution >= 0.6 is 0 Å². The van der Waals surface area contributed by atoms with Crippen LogP contribution in [0.5, 0.6) is 0 Å². The number of hydrogen-bond donors (Lipinski definition) is 2. The van der Waals surface area contributed by atoms with Gasteiger partial charge < -0.3 is 20.1 Å².